The van der Waals surface area contributed by atoms with Crippen molar-refractivity contribution in [1.29, 1.82) is 0 Å². The summed E-state index contributed by atoms with van der Waals surface area (Å²) in [6.07, 6.45) is 2.72. The summed E-state index contributed by atoms with van der Waals surface area (Å²) >= 11 is 0. The van der Waals surface area contributed by atoms with E-state index in [1.165, 1.54) is 5.56 Å². The maximum absolute atomic E-state index is 12.4. The van der Waals surface area contributed by atoms with Gasteiger partial charge in [0.15, 0.2) is 0 Å². The lowest BCUT2D eigenvalue weighted by Crippen LogP contribution is -2.32. The minimum Gasteiger partial charge on any atom is -0.481 e. The van der Waals surface area contributed by atoms with Crippen molar-refractivity contribution in [2.75, 3.05) is 11.9 Å². The van der Waals surface area contributed by atoms with Crippen LogP contribution in [0.4, 0.5) is 5.69 Å². The number of hydrogen-bond donors (Lipinski definition) is 1. The van der Waals surface area contributed by atoms with Crippen molar-refractivity contribution >= 4 is 17.6 Å². The van der Waals surface area contributed by atoms with Gasteiger partial charge in [0.05, 0.1) is 5.92 Å². The fourth-order valence-electron chi connectivity index (χ4n) is 2.79. The molecular formula is C16H21NO3. The first-order valence-electron chi connectivity index (χ1n) is 7.12. The van der Waals surface area contributed by atoms with E-state index in [4.69, 9.17) is 5.11 Å². The number of carbonyl (C=O) groups is 2. The van der Waals surface area contributed by atoms with Crippen molar-refractivity contribution in [2.45, 2.75) is 32.6 Å². The number of amides is 1. The van der Waals surface area contributed by atoms with Crippen molar-refractivity contribution in [1.82, 2.24) is 0 Å². The van der Waals surface area contributed by atoms with Gasteiger partial charge in [-0.3, -0.25) is 9.59 Å². The molecule has 0 aromatic heterocycles. The third-order valence-corrected chi connectivity index (χ3v) is 4.19. The van der Waals surface area contributed by atoms with Crippen molar-refractivity contribution in [3.8, 4) is 0 Å². The molecule has 1 fully saturated rings. The fraction of sp³-hybridized carbons (Fsp3) is 0.500. The summed E-state index contributed by atoms with van der Waals surface area (Å²) in [5.41, 5.74) is 2.10. The third-order valence-electron chi connectivity index (χ3n) is 4.19. The number of anilines is 1. The third kappa shape index (κ3) is 3.00. The molecule has 0 spiro atoms. The van der Waals surface area contributed by atoms with Gasteiger partial charge in [-0.05, 0) is 43.4 Å². The van der Waals surface area contributed by atoms with E-state index in [1.54, 1.807) is 11.9 Å². The van der Waals surface area contributed by atoms with Crippen LogP contribution in [0.1, 0.15) is 31.7 Å². The molecule has 2 atom stereocenters. The van der Waals surface area contributed by atoms with E-state index >= 15 is 0 Å². The van der Waals surface area contributed by atoms with E-state index in [0.717, 1.165) is 12.1 Å². The predicted molar refractivity (Wildman–Crippen MR) is 77.7 cm³/mol. The van der Waals surface area contributed by atoms with Crippen LogP contribution in [-0.4, -0.2) is 24.0 Å². The lowest BCUT2D eigenvalue weighted by atomic mass is 10.0. The minimum atomic E-state index is -0.782. The number of hydrogen-bond acceptors (Lipinski definition) is 2. The second-order valence-electron chi connectivity index (χ2n) is 5.46. The molecule has 1 aromatic carbocycles. The highest BCUT2D eigenvalue weighted by Gasteiger charge is 2.35. The molecule has 4 nitrogen and oxygen atoms in total. The van der Waals surface area contributed by atoms with Crippen LogP contribution in [0.15, 0.2) is 24.3 Å². The average Bonchev–Trinajstić information content (AvgIpc) is 2.96. The number of carboxylic acids is 1. The zero-order valence-corrected chi connectivity index (χ0v) is 12.0. The monoisotopic (exact) mass is 275 g/mol. The van der Waals surface area contributed by atoms with Gasteiger partial charge in [-0.15, -0.1) is 0 Å². The van der Waals surface area contributed by atoms with E-state index in [9.17, 15) is 9.59 Å². The standard InChI is InChI=1S/C16H21NO3/c1-3-11-4-8-14(9-5-11)17(2)15(18)12-6-7-13(10-12)16(19)20/h4-5,8-9,12-13H,3,6-7,10H2,1-2H3,(H,19,20)/t12-,13+/m1/s1. The number of nitrogens with zero attached hydrogens (tertiary/aromatic N) is 1. The Hall–Kier alpha value is -1.84. The van der Waals surface area contributed by atoms with Crippen LogP contribution in [0.25, 0.3) is 0 Å². The molecule has 0 radical (unpaired) electrons. The van der Waals surface area contributed by atoms with Crippen LogP contribution in [0, 0.1) is 11.8 Å². The van der Waals surface area contributed by atoms with Crippen LogP contribution in [-0.2, 0) is 16.0 Å². The largest absolute Gasteiger partial charge is 0.481 e. The molecule has 0 bridgehead atoms. The quantitative estimate of drug-likeness (QED) is 0.919. The van der Waals surface area contributed by atoms with Gasteiger partial charge < -0.3 is 10.0 Å². The number of carboxylic acid groups (broad SMARTS) is 1. The first kappa shape index (κ1) is 14.6. The molecule has 4 heteroatoms. The molecule has 1 saturated carbocycles. The first-order valence-corrected chi connectivity index (χ1v) is 7.12. The minimum absolute atomic E-state index is 0.0259. The SMILES string of the molecule is CCc1ccc(N(C)C(=O)[C@@H]2CC[C@H](C(=O)O)C2)cc1. The Morgan fingerprint density at radius 1 is 1.20 bits per heavy atom. The molecule has 1 aliphatic carbocycles. The molecule has 2 rings (SSSR count). The Labute approximate surface area is 119 Å². The second-order valence-corrected chi connectivity index (χ2v) is 5.46. The van der Waals surface area contributed by atoms with E-state index in [0.29, 0.717) is 19.3 Å². The van der Waals surface area contributed by atoms with E-state index < -0.39 is 5.97 Å². The normalized spacial score (nSPS) is 21.7. The molecular weight excluding hydrogens is 254 g/mol. The zero-order chi connectivity index (χ0) is 14.7. The molecule has 1 N–H and O–H groups in total. The molecule has 20 heavy (non-hydrogen) atoms. The van der Waals surface area contributed by atoms with Gasteiger partial charge >= 0.3 is 5.97 Å². The molecule has 1 aromatic rings. The molecule has 1 aliphatic rings. The van der Waals surface area contributed by atoms with E-state index in [-0.39, 0.29) is 17.7 Å². The van der Waals surface area contributed by atoms with Crippen LogP contribution in [0.3, 0.4) is 0 Å². The number of benzene rings is 1. The predicted octanol–water partition coefficient (Wildman–Crippen LogP) is 2.71. The first-order chi connectivity index (χ1) is 9.52. The molecule has 0 unspecified atom stereocenters. The topological polar surface area (TPSA) is 57.6 Å². The van der Waals surface area contributed by atoms with Gasteiger partial charge in [-0.25, -0.2) is 0 Å². The molecule has 0 saturated heterocycles. The van der Waals surface area contributed by atoms with Gasteiger partial charge in [0, 0.05) is 18.7 Å². The summed E-state index contributed by atoms with van der Waals surface area (Å²) in [5.74, 6) is -1.28. The van der Waals surface area contributed by atoms with Gasteiger partial charge in [0.25, 0.3) is 0 Å². The van der Waals surface area contributed by atoms with Crippen molar-refractivity contribution < 1.29 is 14.7 Å². The van der Waals surface area contributed by atoms with E-state index in [2.05, 4.69) is 6.92 Å². The summed E-state index contributed by atoms with van der Waals surface area (Å²) in [6.45, 7) is 2.09. The Kier molecular flexibility index (Phi) is 4.42. The van der Waals surface area contributed by atoms with Crippen LogP contribution >= 0.6 is 0 Å². The summed E-state index contributed by atoms with van der Waals surface area (Å²) in [4.78, 5) is 25.0. The van der Waals surface area contributed by atoms with Crippen LogP contribution in [0.2, 0.25) is 0 Å². The Balaban J connectivity index is 2.03. The lowest BCUT2D eigenvalue weighted by molar-refractivity contribution is -0.141. The number of rotatable bonds is 4. The Morgan fingerprint density at radius 2 is 1.80 bits per heavy atom. The fourth-order valence-corrected chi connectivity index (χ4v) is 2.79. The number of aryl methyl sites for hydroxylation is 1. The molecule has 0 aliphatic heterocycles. The van der Waals surface area contributed by atoms with Gasteiger partial charge in [-0.1, -0.05) is 19.1 Å². The number of aliphatic carboxylic acids is 1. The van der Waals surface area contributed by atoms with Gasteiger partial charge in [0.2, 0.25) is 5.91 Å². The highest BCUT2D eigenvalue weighted by atomic mass is 16.4. The summed E-state index contributed by atoms with van der Waals surface area (Å²) in [7, 11) is 1.76. The van der Waals surface area contributed by atoms with Crippen molar-refractivity contribution in [3.05, 3.63) is 29.8 Å². The smallest absolute Gasteiger partial charge is 0.306 e. The van der Waals surface area contributed by atoms with Gasteiger partial charge in [0.1, 0.15) is 0 Å². The van der Waals surface area contributed by atoms with Crippen LogP contribution < -0.4 is 4.90 Å². The maximum atomic E-state index is 12.4. The van der Waals surface area contributed by atoms with Crippen LogP contribution in [0.5, 0.6) is 0 Å². The Morgan fingerprint density at radius 3 is 2.30 bits per heavy atom. The summed E-state index contributed by atoms with van der Waals surface area (Å²) in [5, 5.41) is 9.00. The van der Waals surface area contributed by atoms with Crippen molar-refractivity contribution in [2.24, 2.45) is 11.8 Å². The molecule has 108 valence electrons. The second kappa shape index (κ2) is 6.07. The zero-order valence-electron chi connectivity index (χ0n) is 12.0. The Bertz CT molecular complexity index is 495. The molecule has 1 amide bonds. The lowest BCUT2D eigenvalue weighted by Gasteiger charge is -2.21. The van der Waals surface area contributed by atoms with E-state index in [1.807, 2.05) is 24.3 Å². The van der Waals surface area contributed by atoms with Crippen molar-refractivity contribution in [3.63, 3.8) is 0 Å². The summed E-state index contributed by atoms with van der Waals surface area (Å²) in [6, 6.07) is 7.93. The van der Waals surface area contributed by atoms with Gasteiger partial charge in [-0.2, -0.15) is 0 Å². The number of carbonyl (C=O) groups excluding carboxylic acids is 1. The molecule has 0 heterocycles. The average molecular weight is 275 g/mol. The maximum Gasteiger partial charge on any atom is 0.306 e. The summed E-state index contributed by atoms with van der Waals surface area (Å²) < 4.78 is 0. The highest BCUT2D eigenvalue weighted by Crippen LogP contribution is 2.33. The highest BCUT2D eigenvalue weighted by molar-refractivity contribution is 5.95.